The molecule has 1 aliphatic heterocycles. The van der Waals surface area contributed by atoms with Gasteiger partial charge in [-0.05, 0) is 42.8 Å². The molecule has 23 heavy (non-hydrogen) atoms. The largest absolute Gasteiger partial charge is 0.465 e. The molecule has 1 N–H and O–H groups in total. The van der Waals surface area contributed by atoms with Crippen molar-refractivity contribution in [1.82, 2.24) is 5.32 Å². The third-order valence-electron chi connectivity index (χ3n) is 3.35. The lowest BCUT2D eigenvalue weighted by Crippen LogP contribution is -2.54. The zero-order valence-corrected chi connectivity index (χ0v) is 12.8. The second kappa shape index (κ2) is 5.73. The van der Waals surface area contributed by atoms with E-state index in [1.54, 1.807) is 31.2 Å². The standard InChI is InChI=1S/C16H11ClN2O4/c1-9-4-5-10(7-13(9)17)19-15(21)12(14(20)18-16(19)22)8-11-3-2-6-23-11/h2-8H,1H3,(H,18,20,22). The van der Waals surface area contributed by atoms with Gasteiger partial charge in [-0.2, -0.15) is 0 Å². The van der Waals surface area contributed by atoms with E-state index in [4.69, 9.17) is 16.0 Å². The first-order valence-electron chi connectivity index (χ1n) is 6.68. The van der Waals surface area contributed by atoms with Gasteiger partial charge in [-0.15, -0.1) is 0 Å². The van der Waals surface area contributed by atoms with Gasteiger partial charge in [-0.25, -0.2) is 9.69 Å². The van der Waals surface area contributed by atoms with Crippen LogP contribution in [0.2, 0.25) is 5.02 Å². The number of amides is 4. The molecule has 1 aromatic heterocycles. The predicted molar refractivity (Wildman–Crippen MR) is 83.9 cm³/mol. The minimum atomic E-state index is -0.823. The number of carbonyl (C=O) groups is 3. The number of rotatable bonds is 2. The van der Waals surface area contributed by atoms with Crippen LogP contribution in [0.1, 0.15) is 11.3 Å². The van der Waals surface area contributed by atoms with E-state index >= 15 is 0 Å². The van der Waals surface area contributed by atoms with Gasteiger partial charge in [0.15, 0.2) is 0 Å². The number of halogens is 1. The molecule has 0 atom stereocenters. The summed E-state index contributed by atoms with van der Waals surface area (Å²) in [6, 6.07) is 7.16. The first-order chi connectivity index (χ1) is 11.0. The monoisotopic (exact) mass is 330 g/mol. The third kappa shape index (κ3) is 2.76. The summed E-state index contributed by atoms with van der Waals surface area (Å²) in [4.78, 5) is 37.4. The van der Waals surface area contributed by atoms with Crippen LogP contribution in [0.25, 0.3) is 6.08 Å². The van der Waals surface area contributed by atoms with Crippen LogP contribution in [-0.2, 0) is 9.59 Å². The summed E-state index contributed by atoms with van der Waals surface area (Å²) in [5.74, 6) is -1.18. The molecule has 4 amide bonds. The Balaban J connectivity index is 2.03. The number of carbonyl (C=O) groups excluding carboxylic acids is 3. The van der Waals surface area contributed by atoms with E-state index in [1.165, 1.54) is 18.4 Å². The zero-order chi connectivity index (χ0) is 16.6. The molecule has 0 spiro atoms. The van der Waals surface area contributed by atoms with Gasteiger partial charge in [0, 0.05) is 5.02 Å². The van der Waals surface area contributed by atoms with Crippen molar-refractivity contribution in [3.63, 3.8) is 0 Å². The molecule has 7 heteroatoms. The number of barbiturate groups is 1. The second-order valence-corrected chi connectivity index (χ2v) is 5.31. The number of anilines is 1. The van der Waals surface area contributed by atoms with E-state index in [1.807, 2.05) is 0 Å². The SMILES string of the molecule is Cc1ccc(N2C(=O)NC(=O)C(=Cc3ccco3)C2=O)cc1Cl. The van der Waals surface area contributed by atoms with Crippen molar-refractivity contribution in [3.05, 3.63) is 58.5 Å². The maximum atomic E-state index is 12.6. The van der Waals surface area contributed by atoms with Crippen LogP contribution >= 0.6 is 11.6 Å². The first-order valence-corrected chi connectivity index (χ1v) is 7.06. The van der Waals surface area contributed by atoms with Crippen LogP contribution in [0.15, 0.2) is 46.6 Å². The fourth-order valence-corrected chi connectivity index (χ4v) is 2.30. The number of hydrogen-bond acceptors (Lipinski definition) is 4. The second-order valence-electron chi connectivity index (χ2n) is 4.91. The van der Waals surface area contributed by atoms with Crippen molar-refractivity contribution >= 4 is 41.2 Å². The molecular formula is C16H11ClN2O4. The van der Waals surface area contributed by atoms with Crippen molar-refractivity contribution in [2.75, 3.05) is 4.90 Å². The Morgan fingerprint density at radius 3 is 2.65 bits per heavy atom. The van der Waals surface area contributed by atoms with Gasteiger partial charge in [-0.3, -0.25) is 14.9 Å². The van der Waals surface area contributed by atoms with Gasteiger partial charge in [0.05, 0.1) is 12.0 Å². The molecule has 116 valence electrons. The zero-order valence-electron chi connectivity index (χ0n) is 12.0. The fourth-order valence-electron chi connectivity index (χ4n) is 2.13. The van der Waals surface area contributed by atoms with Crippen molar-refractivity contribution in [2.45, 2.75) is 6.92 Å². The Morgan fingerprint density at radius 2 is 2.00 bits per heavy atom. The van der Waals surface area contributed by atoms with E-state index in [0.717, 1.165) is 10.5 Å². The molecule has 0 unspecified atom stereocenters. The average Bonchev–Trinajstić information content (AvgIpc) is 3.00. The molecule has 6 nitrogen and oxygen atoms in total. The molecule has 3 rings (SSSR count). The maximum Gasteiger partial charge on any atom is 0.335 e. The van der Waals surface area contributed by atoms with Gasteiger partial charge < -0.3 is 4.42 Å². The Kier molecular flexibility index (Phi) is 3.75. The third-order valence-corrected chi connectivity index (χ3v) is 3.75. The predicted octanol–water partition coefficient (Wildman–Crippen LogP) is 2.91. The molecule has 1 aromatic carbocycles. The number of nitrogens with zero attached hydrogens (tertiary/aromatic N) is 1. The first kappa shape index (κ1) is 15.1. The lowest BCUT2D eigenvalue weighted by atomic mass is 10.1. The number of aryl methyl sites for hydroxylation is 1. The Morgan fingerprint density at radius 1 is 1.22 bits per heavy atom. The molecule has 0 bridgehead atoms. The molecule has 1 aliphatic rings. The normalized spacial score (nSPS) is 16.9. The summed E-state index contributed by atoms with van der Waals surface area (Å²) < 4.78 is 5.10. The van der Waals surface area contributed by atoms with Crippen LogP contribution in [0.3, 0.4) is 0 Å². The van der Waals surface area contributed by atoms with Gasteiger partial charge in [0.2, 0.25) is 0 Å². The number of urea groups is 1. The smallest absolute Gasteiger partial charge is 0.335 e. The van der Waals surface area contributed by atoms with E-state index in [-0.39, 0.29) is 11.3 Å². The topological polar surface area (TPSA) is 79.6 Å². The summed E-state index contributed by atoms with van der Waals surface area (Å²) in [6.07, 6.45) is 2.70. The molecule has 0 radical (unpaired) electrons. The summed E-state index contributed by atoms with van der Waals surface area (Å²) in [5.41, 5.74) is 0.889. The van der Waals surface area contributed by atoms with Gasteiger partial charge >= 0.3 is 6.03 Å². The molecule has 2 aromatic rings. The van der Waals surface area contributed by atoms with Crippen LogP contribution in [0, 0.1) is 6.92 Å². The Hall–Kier alpha value is -2.86. The molecular weight excluding hydrogens is 320 g/mol. The molecule has 1 saturated heterocycles. The van der Waals surface area contributed by atoms with Crippen LogP contribution in [-0.4, -0.2) is 17.8 Å². The van der Waals surface area contributed by atoms with E-state index < -0.39 is 17.8 Å². The van der Waals surface area contributed by atoms with Gasteiger partial charge in [0.1, 0.15) is 11.3 Å². The highest BCUT2D eigenvalue weighted by Gasteiger charge is 2.37. The number of benzene rings is 1. The lowest BCUT2D eigenvalue weighted by Gasteiger charge is -2.26. The molecule has 0 aliphatic carbocycles. The van der Waals surface area contributed by atoms with Crippen molar-refractivity contribution in [3.8, 4) is 0 Å². The van der Waals surface area contributed by atoms with Crippen LogP contribution in [0.4, 0.5) is 10.5 Å². The summed E-state index contributed by atoms with van der Waals surface area (Å²) >= 11 is 6.04. The highest BCUT2D eigenvalue weighted by molar-refractivity contribution is 6.39. The number of nitrogens with one attached hydrogen (secondary N) is 1. The average molecular weight is 331 g/mol. The summed E-state index contributed by atoms with van der Waals surface area (Å²) in [6.45, 7) is 1.80. The highest BCUT2D eigenvalue weighted by atomic mass is 35.5. The fraction of sp³-hybridized carbons (Fsp3) is 0.0625. The van der Waals surface area contributed by atoms with Crippen LogP contribution < -0.4 is 10.2 Å². The number of furan rings is 1. The van der Waals surface area contributed by atoms with E-state index in [2.05, 4.69) is 5.32 Å². The van der Waals surface area contributed by atoms with Crippen molar-refractivity contribution < 1.29 is 18.8 Å². The number of hydrogen-bond donors (Lipinski definition) is 1. The van der Waals surface area contributed by atoms with Crippen molar-refractivity contribution in [1.29, 1.82) is 0 Å². The van der Waals surface area contributed by atoms with Crippen molar-refractivity contribution in [2.24, 2.45) is 0 Å². The molecule has 1 fully saturated rings. The quantitative estimate of drug-likeness (QED) is 0.678. The van der Waals surface area contributed by atoms with Gasteiger partial charge in [0.25, 0.3) is 11.8 Å². The summed E-state index contributed by atoms with van der Waals surface area (Å²) in [7, 11) is 0. The minimum Gasteiger partial charge on any atom is -0.465 e. The summed E-state index contributed by atoms with van der Waals surface area (Å²) in [5, 5.41) is 2.54. The van der Waals surface area contributed by atoms with E-state index in [9.17, 15) is 14.4 Å². The van der Waals surface area contributed by atoms with E-state index in [0.29, 0.717) is 10.8 Å². The Bertz CT molecular complexity index is 840. The highest BCUT2D eigenvalue weighted by Crippen LogP contribution is 2.26. The van der Waals surface area contributed by atoms with Gasteiger partial charge in [-0.1, -0.05) is 17.7 Å². The van der Waals surface area contributed by atoms with Crippen LogP contribution in [0.5, 0.6) is 0 Å². The number of imide groups is 2. The Labute approximate surface area is 136 Å². The minimum absolute atomic E-state index is 0.198. The maximum absolute atomic E-state index is 12.6. The molecule has 2 heterocycles. The lowest BCUT2D eigenvalue weighted by molar-refractivity contribution is -0.122. The molecule has 0 saturated carbocycles.